The van der Waals surface area contributed by atoms with E-state index in [9.17, 15) is 4.79 Å². The first-order valence-electron chi connectivity index (χ1n) is 16.3. The van der Waals surface area contributed by atoms with Crippen LogP contribution in [-0.4, -0.2) is 45.8 Å². The second kappa shape index (κ2) is 15.6. The maximum Gasteiger partial charge on any atom is 0.307 e. The van der Waals surface area contributed by atoms with Crippen LogP contribution in [0.3, 0.4) is 0 Å². The summed E-state index contributed by atoms with van der Waals surface area (Å²) in [6.45, 7) is 11.8. The fourth-order valence-corrected chi connectivity index (χ4v) is 6.05. The number of aromatic nitrogens is 2. The van der Waals surface area contributed by atoms with Gasteiger partial charge in [-0.2, -0.15) is 0 Å². The van der Waals surface area contributed by atoms with E-state index in [0.29, 0.717) is 24.3 Å². The van der Waals surface area contributed by atoms with Gasteiger partial charge in [0.15, 0.2) is 23.7 Å². The van der Waals surface area contributed by atoms with Gasteiger partial charge in [0.25, 0.3) is 0 Å². The summed E-state index contributed by atoms with van der Waals surface area (Å²) in [6.07, 6.45) is 16.5. The third kappa shape index (κ3) is 10.1. The topological polar surface area (TPSA) is 115 Å². The minimum absolute atomic E-state index is 0.141. The van der Waals surface area contributed by atoms with Crippen LogP contribution in [0.4, 0.5) is 0 Å². The van der Waals surface area contributed by atoms with E-state index in [1.165, 1.54) is 64.0 Å². The molecule has 4 heterocycles. The molecule has 2 fully saturated rings. The monoisotopic (exact) mass is 604 g/mol. The summed E-state index contributed by atoms with van der Waals surface area (Å²) in [5.74, 6) is -1.34. The molecule has 10 heteroatoms. The van der Waals surface area contributed by atoms with E-state index < -0.39 is 23.8 Å². The first kappa shape index (κ1) is 33.6. The van der Waals surface area contributed by atoms with E-state index in [1.807, 2.05) is 34.6 Å². The normalized spacial score (nSPS) is 25.5. The summed E-state index contributed by atoms with van der Waals surface area (Å²) in [4.78, 5) is 21.5. The fourth-order valence-electron chi connectivity index (χ4n) is 6.05. The predicted molar refractivity (Wildman–Crippen MR) is 159 cm³/mol. The average molecular weight is 605 g/mol. The Bertz CT molecular complexity index is 1100. The minimum atomic E-state index is -0.938. The van der Waals surface area contributed by atoms with Crippen molar-refractivity contribution >= 4 is 5.97 Å². The van der Waals surface area contributed by atoms with Crippen molar-refractivity contribution < 1.29 is 37.3 Å². The number of esters is 1. The summed E-state index contributed by atoms with van der Waals surface area (Å²) in [7, 11) is 0. The van der Waals surface area contributed by atoms with Gasteiger partial charge in [-0.3, -0.25) is 4.79 Å². The highest BCUT2D eigenvalue weighted by molar-refractivity contribution is 5.69. The summed E-state index contributed by atoms with van der Waals surface area (Å²) >= 11 is 0. The van der Waals surface area contributed by atoms with E-state index in [4.69, 9.17) is 37.5 Å². The molecule has 2 aliphatic rings. The zero-order valence-electron chi connectivity index (χ0n) is 27.0. The van der Waals surface area contributed by atoms with Crippen molar-refractivity contribution in [1.29, 1.82) is 0 Å². The van der Waals surface area contributed by atoms with Gasteiger partial charge in [0.2, 0.25) is 12.0 Å². The van der Waals surface area contributed by atoms with Crippen molar-refractivity contribution in [2.24, 2.45) is 0 Å². The molecule has 10 nitrogen and oxygen atoms in total. The van der Waals surface area contributed by atoms with Crippen molar-refractivity contribution in [1.82, 2.24) is 9.97 Å². The smallest absolute Gasteiger partial charge is 0.307 e. The Morgan fingerprint density at radius 1 is 0.907 bits per heavy atom. The molecule has 0 amide bonds. The quantitative estimate of drug-likeness (QED) is 0.129. The standard InChI is InChI=1S/C33H52N2O8/c1-7-8-9-10-11-12-13-14-15-16-17-18-28(36)39-30(27-20-34-22-38-27)31-35-24(21-37-31)25-19-26(42-33(5,6)41-25)29-23(2)40-32(3,4)43-29/h20-23,25-26,29-30H,7-19H2,1-6H3/t23-,25+,26-,29+,30+/m1/s1. The third-order valence-electron chi connectivity index (χ3n) is 8.06. The van der Waals surface area contributed by atoms with Crippen LogP contribution in [0.1, 0.15) is 155 Å². The lowest BCUT2D eigenvalue weighted by atomic mass is 9.99. The molecular weight excluding hydrogens is 552 g/mol. The molecule has 2 aromatic rings. The van der Waals surface area contributed by atoms with Crippen molar-refractivity contribution in [2.75, 3.05) is 0 Å². The van der Waals surface area contributed by atoms with E-state index >= 15 is 0 Å². The molecule has 0 spiro atoms. The molecule has 2 saturated heterocycles. The van der Waals surface area contributed by atoms with E-state index in [-0.39, 0.29) is 30.2 Å². The highest BCUT2D eigenvalue weighted by Crippen LogP contribution is 2.42. The second-order valence-electron chi connectivity index (χ2n) is 12.9. The van der Waals surface area contributed by atoms with Crippen LogP contribution in [0.25, 0.3) is 0 Å². The molecule has 0 N–H and O–H groups in total. The third-order valence-corrected chi connectivity index (χ3v) is 8.06. The predicted octanol–water partition coefficient (Wildman–Crippen LogP) is 8.12. The number of carbonyl (C=O) groups is 1. The Kier molecular flexibility index (Phi) is 12.2. The van der Waals surface area contributed by atoms with Crippen molar-refractivity contribution in [3.63, 3.8) is 0 Å². The number of oxazole rings is 2. The van der Waals surface area contributed by atoms with Crippen LogP contribution in [-0.2, 0) is 28.5 Å². The highest BCUT2D eigenvalue weighted by Gasteiger charge is 2.49. The van der Waals surface area contributed by atoms with Gasteiger partial charge in [0, 0.05) is 12.8 Å². The largest absolute Gasteiger partial charge is 0.445 e. The number of rotatable bonds is 17. The zero-order chi connectivity index (χ0) is 30.9. The molecule has 0 bridgehead atoms. The molecule has 0 radical (unpaired) electrons. The molecule has 43 heavy (non-hydrogen) atoms. The van der Waals surface area contributed by atoms with Crippen LogP contribution >= 0.6 is 0 Å². The molecule has 0 aliphatic carbocycles. The Labute approximate surface area is 256 Å². The van der Waals surface area contributed by atoms with Gasteiger partial charge in [0.1, 0.15) is 24.2 Å². The van der Waals surface area contributed by atoms with Gasteiger partial charge < -0.3 is 32.5 Å². The van der Waals surface area contributed by atoms with Crippen LogP contribution in [0, 0.1) is 0 Å². The van der Waals surface area contributed by atoms with E-state index in [2.05, 4.69) is 11.9 Å². The lowest BCUT2D eigenvalue weighted by Crippen LogP contribution is -2.48. The first-order valence-corrected chi connectivity index (χ1v) is 16.3. The van der Waals surface area contributed by atoms with Crippen LogP contribution in [0.15, 0.2) is 27.7 Å². The van der Waals surface area contributed by atoms with Gasteiger partial charge >= 0.3 is 5.97 Å². The first-order chi connectivity index (χ1) is 20.6. The molecule has 5 atom stereocenters. The minimum Gasteiger partial charge on any atom is -0.445 e. The highest BCUT2D eigenvalue weighted by atomic mass is 16.8. The molecule has 242 valence electrons. The Hall–Kier alpha value is -2.27. The van der Waals surface area contributed by atoms with Crippen LogP contribution < -0.4 is 0 Å². The van der Waals surface area contributed by atoms with E-state index in [0.717, 1.165) is 19.3 Å². The van der Waals surface area contributed by atoms with E-state index in [1.54, 1.807) is 6.26 Å². The Morgan fingerprint density at radius 2 is 1.56 bits per heavy atom. The maximum atomic E-state index is 12.8. The van der Waals surface area contributed by atoms with Crippen molar-refractivity contribution in [3.8, 4) is 0 Å². The average Bonchev–Trinajstić information content (AvgIpc) is 3.70. The number of unbranched alkanes of at least 4 members (excludes halogenated alkanes) is 10. The number of nitrogens with zero attached hydrogens (tertiary/aromatic N) is 2. The van der Waals surface area contributed by atoms with Gasteiger partial charge in [-0.05, 0) is 41.0 Å². The van der Waals surface area contributed by atoms with Gasteiger partial charge in [-0.15, -0.1) is 0 Å². The SMILES string of the molecule is CCCCCCCCCCCCCC(=O)O[C@@H](c1cnco1)c1nc([C@@H]2C[C@H]([C@H]3OC(C)(C)O[C@@H]3C)OC(C)(C)O2)co1. The Morgan fingerprint density at radius 3 is 2.16 bits per heavy atom. The molecular formula is C33H52N2O8. The van der Waals surface area contributed by atoms with Gasteiger partial charge in [0.05, 0.1) is 18.4 Å². The number of hydrogen-bond donors (Lipinski definition) is 0. The summed E-state index contributed by atoms with van der Waals surface area (Å²) in [5, 5.41) is 0. The molecule has 4 rings (SSSR count). The molecule has 2 aliphatic heterocycles. The van der Waals surface area contributed by atoms with Crippen LogP contribution in [0.2, 0.25) is 0 Å². The second-order valence-corrected chi connectivity index (χ2v) is 12.9. The van der Waals surface area contributed by atoms with Crippen molar-refractivity contribution in [2.45, 2.75) is 167 Å². The molecule has 0 saturated carbocycles. The summed E-state index contributed by atoms with van der Waals surface area (Å²) in [6, 6.07) is 0. The molecule has 0 aromatic carbocycles. The summed E-state index contributed by atoms with van der Waals surface area (Å²) in [5.41, 5.74) is 0.577. The van der Waals surface area contributed by atoms with Crippen molar-refractivity contribution in [3.05, 3.63) is 36.2 Å². The number of carbonyl (C=O) groups excluding carboxylic acids is 1. The summed E-state index contributed by atoms with van der Waals surface area (Å²) < 4.78 is 41.8. The van der Waals surface area contributed by atoms with Crippen LogP contribution in [0.5, 0.6) is 0 Å². The lowest BCUT2D eigenvalue weighted by molar-refractivity contribution is -0.319. The van der Waals surface area contributed by atoms with Gasteiger partial charge in [-0.25, -0.2) is 9.97 Å². The lowest BCUT2D eigenvalue weighted by Gasteiger charge is -2.42. The molecule has 2 aromatic heterocycles. The molecule has 0 unspecified atom stereocenters. The number of hydrogen-bond acceptors (Lipinski definition) is 10. The van der Waals surface area contributed by atoms with Gasteiger partial charge in [-0.1, -0.05) is 71.1 Å². The number of ether oxygens (including phenoxy) is 5. The zero-order valence-corrected chi connectivity index (χ0v) is 27.0. The fraction of sp³-hybridized carbons (Fsp3) is 0.788. The Balaban J connectivity index is 1.29. The maximum absolute atomic E-state index is 12.8.